The lowest BCUT2D eigenvalue weighted by Crippen LogP contribution is -2.47. The zero-order valence-corrected chi connectivity index (χ0v) is 19.2. The topological polar surface area (TPSA) is 113 Å². The number of nitrogens with two attached hydrogens (primary N) is 2. The molecule has 0 spiro atoms. The maximum absolute atomic E-state index is 12.3. The number of primary amides is 1. The van der Waals surface area contributed by atoms with Gasteiger partial charge in [0.05, 0.1) is 5.69 Å². The van der Waals surface area contributed by atoms with Crippen molar-refractivity contribution >= 4 is 23.5 Å². The van der Waals surface area contributed by atoms with Gasteiger partial charge in [0.25, 0.3) is 0 Å². The Morgan fingerprint density at radius 3 is 2.56 bits per heavy atom. The predicted octanol–water partition coefficient (Wildman–Crippen LogP) is 3.19. The van der Waals surface area contributed by atoms with Gasteiger partial charge in [-0.25, -0.2) is 9.78 Å². The number of nitrogens with zero attached hydrogens (tertiary/aromatic N) is 4. The summed E-state index contributed by atoms with van der Waals surface area (Å²) in [5, 5.41) is 3.57. The van der Waals surface area contributed by atoms with E-state index in [2.05, 4.69) is 10.2 Å². The van der Waals surface area contributed by atoms with Crippen LogP contribution in [-0.2, 0) is 19.4 Å². The van der Waals surface area contributed by atoms with E-state index in [1.54, 1.807) is 4.90 Å². The first kappa shape index (κ1) is 22.3. The highest BCUT2D eigenvalue weighted by atomic mass is 16.2. The largest absolute Gasteiger partial charge is 0.362 e. The Morgan fingerprint density at radius 1 is 1.12 bits per heavy atom. The van der Waals surface area contributed by atoms with Crippen molar-refractivity contribution in [3.8, 4) is 0 Å². The summed E-state index contributed by atoms with van der Waals surface area (Å²) in [4.78, 5) is 25.8. The van der Waals surface area contributed by atoms with E-state index in [0.29, 0.717) is 6.54 Å². The Labute approximate surface area is 190 Å². The number of fused-ring (bicyclic) bond motifs is 1. The quantitative estimate of drug-likeness (QED) is 0.640. The molecule has 0 aliphatic heterocycles. The van der Waals surface area contributed by atoms with Crippen molar-refractivity contribution in [3.05, 3.63) is 41.1 Å². The van der Waals surface area contributed by atoms with Gasteiger partial charge in [-0.15, -0.1) is 0 Å². The molecule has 5 N–H and O–H groups in total. The van der Waals surface area contributed by atoms with E-state index in [4.69, 9.17) is 21.4 Å². The monoisotopic (exact) mass is 437 g/mol. The number of anilines is 3. The van der Waals surface area contributed by atoms with Crippen LogP contribution in [0, 0.1) is 0 Å². The van der Waals surface area contributed by atoms with Gasteiger partial charge in [0.1, 0.15) is 5.82 Å². The second kappa shape index (κ2) is 9.73. The predicted molar refractivity (Wildman–Crippen MR) is 129 cm³/mol. The maximum Gasteiger partial charge on any atom is 0.319 e. The number of rotatable bonds is 6. The number of aryl methyl sites for hydroxylation is 1. The Hall–Kier alpha value is -2.87. The molecule has 4 rings (SSSR count). The SMILES string of the molecule is CN(C)c1nc(N[C@H]2CC[C@@H](N(C(N)=O)c3cccc(CN)c3)CC2)nc2c1CCCC2. The lowest BCUT2D eigenvalue weighted by atomic mass is 9.90. The zero-order chi connectivity index (χ0) is 22.7. The van der Waals surface area contributed by atoms with Crippen LogP contribution < -0.4 is 26.6 Å². The number of carbonyl (C=O) groups is 1. The Balaban J connectivity index is 1.44. The van der Waals surface area contributed by atoms with E-state index in [-0.39, 0.29) is 12.1 Å². The second-order valence-corrected chi connectivity index (χ2v) is 9.13. The smallest absolute Gasteiger partial charge is 0.319 e. The molecule has 0 atom stereocenters. The van der Waals surface area contributed by atoms with E-state index in [9.17, 15) is 4.79 Å². The van der Waals surface area contributed by atoms with Crippen LogP contribution in [0.15, 0.2) is 24.3 Å². The molecule has 1 aromatic carbocycles. The first-order valence-electron chi connectivity index (χ1n) is 11.7. The van der Waals surface area contributed by atoms with Gasteiger partial charge in [0.2, 0.25) is 5.95 Å². The minimum absolute atomic E-state index is 0.0837. The molecule has 172 valence electrons. The Bertz CT molecular complexity index is 953. The summed E-state index contributed by atoms with van der Waals surface area (Å²) in [5.74, 6) is 1.76. The molecular formula is C24H35N7O. The molecule has 0 radical (unpaired) electrons. The second-order valence-electron chi connectivity index (χ2n) is 9.13. The summed E-state index contributed by atoms with van der Waals surface area (Å²) < 4.78 is 0. The number of urea groups is 1. The van der Waals surface area contributed by atoms with Crippen molar-refractivity contribution < 1.29 is 4.79 Å². The van der Waals surface area contributed by atoms with Gasteiger partial charge in [-0.1, -0.05) is 12.1 Å². The van der Waals surface area contributed by atoms with Crippen molar-refractivity contribution in [1.29, 1.82) is 0 Å². The van der Waals surface area contributed by atoms with E-state index >= 15 is 0 Å². The lowest BCUT2D eigenvalue weighted by molar-refractivity contribution is 0.248. The van der Waals surface area contributed by atoms with Crippen molar-refractivity contribution in [1.82, 2.24) is 9.97 Å². The number of benzene rings is 1. The minimum atomic E-state index is -0.413. The van der Waals surface area contributed by atoms with Gasteiger partial charge in [-0.2, -0.15) is 4.98 Å². The molecule has 1 fully saturated rings. The molecule has 1 saturated carbocycles. The molecule has 1 aromatic heterocycles. The highest BCUT2D eigenvalue weighted by molar-refractivity contribution is 5.91. The van der Waals surface area contributed by atoms with E-state index in [1.165, 1.54) is 24.1 Å². The number of hydrogen-bond acceptors (Lipinski definition) is 6. The molecule has 0 unspecified atom stereocenters. The average molecular weight is 438 g/mol. The van der Waals surface area contributed by atoms with Crippen LogP contribution in [0.1, 0.15) is 55.3 Å². The number of hydrogen-bond donors (Lipinski definition) is 3. The van der Waals surface area contributed by atoms with Gasteiger partial charge in [-0.05, 0) is 69.1 Å². The van der Waals surface area contributed by atoms with Crippen LogP contribution in [0.4, 0.5) is 22.2 Å². The minimum Gasteiger partial charge on any atom is -0.362 e. The number of amides is 2. The summed E-state index contributed by atoms with van der Waals surface area (Å²) in [6.07, 6.45) is 8.09. The van der Waals surface area contributed by atoms with E-state index in [0.717, 1.165) is 61.5 Å². The first-order chi connectivity index (χ1) is 15.5. The number of nitrogens with one attached hydrogen (secondary N) is 1. The molecule has 0 bridgehead atoms. The van der Waals surface area contributed by atoms with Crippen molar-refractivity contribution in [2.75, 3.05) is 29.2 Å². The summed E-state index contributed by atoms with van der Waals surface area (Å²) in [6, 6.07) is 7.73. The van der Waals surface area contributed by atoms with Gasteiger partial charge < -0.3 is 21.7 Å². The standard InChI is InChI=1S/C24H35N7O/c1-30(2)22-20-8-3-4-9-21(20)28-24(29-22)27-17-10-12-18(13-11-17)31(23(26)32)19-7-5-6-16(14-19)15-25/h5-7,14,17-18H,3-4,8-13,15,25H2,1-2H3,(H2,26,32)(H,27,28,29)/t17-,18+. The van der Waals surface area contributed by atoms with Crippen molar-refractivity contribution in [3.63, 3.8) is 0 Å². The summed E-state index contributed by atoms with van der Waals surface area (Å²) in [5.41, 5.74) is 15.9. The molecule has 8 nitrogen and oxygen atoms in total. The van der Waals surface area contributed by atoms with Crippen LogP contribution >= 0.6 is 0 Å². The molecule has 0 saturated heterocycles. The van der Waals surface area contributed by atoms with Crippen LogP contribution in [0.3, 0.4) is 0 Å². The zero-order valence-electron chi connectivity index (χ0n) is 19.2. The molecule has 2 amide bonds. The van der Waals surface area contributed by atoms with E-state index in [1.807, 2.05) is 38.4 Å². The van der Waals surface area contributed by atoms with E-state index < -0.39 is 6.03 Å². The third-order valence-electron chi connectivity index (χ3n) is 6.64. The summed E-state index contributed by atoms with van der Waals surface area (Å²) in [6.45, 7) is 0.437. The van der Waals surface area contributed by atoms with Gasteiger partial charge >= 0.3 is 6.03 Å². The average Bonchev–Trinajstić information content (AvgIpc) is 2.79. The maximum atomic E-state index is 12.3. The molecule has 2 aliphatic carbocycles. The van der Waals surface area contributed by atoms with Crippen molar-refractivity contribution in [2.24, 2.45) is 11.5 Å². The fourth-order valence-corrected chi connectivity index (χ4v) is 5.02. The van der Waals surface area contributed by atoms with Crippen LogP contribution in [0.2, 0.25) is 0 Å². The summed E-state index contributed by atoms with van der Waals surface area (Å²) >= 11 is 0. The Morgan fingerprint density at radius 2 is 1.88 bits per heavy atom. The highest BCUT2D eigenvalue weighted by Crippen LogP contribution is 2.31. The van der Waals surface area contributed by atoms with Crippen LogP contribution in [-0.4, -0.2) is 42.2 Å². The molecule has 32 heavy (non-hydrogen) atoms. The van der Waals surface area contributed by atoms with Crippen LogP contribution in [0.5, 0.6) is 0 Å². The van der Waals surface area contributed by atoms with Gasteiger partial charge in [0, 0.05) is 44.0 Å². The normalized spacial score (nSPS) is 20.3. The van der Waals surface area contributed by atoms with Crippen molar-refractivity contribution in [2.45, 2.75) is 70.0 Å². The molecule has 8 heteroatoms. The fraction of sp³-hybridized carbons (Fsp3) is 0.542. The lowest BCUT2D eigenvalue weighted by Gasteiger charge is -2.36. The first-order valence-corrected chi connectivity index (χ1v) is 11.7. The molecular weight excluding hydrogens is 402 g/mol. The molecule has 2 aliphatic rings. The van der Waals surface area contributed by atoms with Gasteiger partial charge in [-0.3, -0.25) is 4.90 Å². The van der Waals surface area contributed by atoms with Gasteiger partial charge in [0.15, 0.2) is 0 Å². The molecule has 2 aromatic rings. The fourth-order valence-electron chi connectivity index (χ4n) is 5.02. The third kappa shape index (κ3) is 4.80. The molecule has 1 heterocycles. The highest BCUT2D eigenvalue weighted by Gasteiger charge is 2.30. The number of aromatic nitrogens is 2. The Kier molecular flexibility index (Phi) is 6.79. The van der Waals surface area contributed by atoms with Crippen LogP contribution in [0.25, 0.3) is 0 Å². The summed E-state index contributed by atoms with van der Waals surface area (Å²) in [7, 11) is 4.09. The third-order valence-corrected chi connectivity index (χ3v) is 6.64. The number of carbonyl (C=O) groups excluding carboxylic acids is 1.